The van der Waals surface area contributed by atoms with Crippen LogP contribution in [0.5, 0.6) is 0 Å². The zero-order valence-corrected chi connectivity index (χ0v) is 9.89. The molecule has 86 valence electrons. The maximum atomic E-state index is 11.2. The number of thioether (sulfide) groups is 1. The maximum Gasteiger partial charge on any atom is 0.222 e. The third-order valence-corrected chi connectivity index (χ3v) is 4.71. The minimum atomic E-state index is -0.117. The summed E-state index contributed by atoms with van der Waals surface area (Å²) in [5.74, 6) is 2.45. The number of rotatable bonds is 3. The average Bonchev–Trinajstić information content (AvgIpc) is 2.67. The van der Waals surface area contributed by atoms with Gasteiger partial charge in [-0.2, -0.15) is 11.8 Å². The Balaban J connectivity index is 1.84. The summed E-state index contributed by atoms with van der Waals surface area (Å²) in [6, 6.07) is 0.958. The topological polar surface area (TPSA) is 55.1 Å². The van der Waals surface area contributed by atoms with Crippen LogP contribution in [0, 0.1) is 5.92 Å². The number of hydrogen-bond donors (Lipinski definition) is 2. The Kier molecular flexibility index (Phi) is 3.92. The van der Waals surface area contributed by atoms with Gasteiger partial charge in [-0.15, -0.1) is 0 Å². The van der Waals surface area contributed by atoms with Crippen LogP contribution in [-0.4, -0.2) is 29.5 Å². The van der Waals surface area contributed by atoms with Gasteiger partial charge in [0.15, 0.2) is 0 Å². The molecule has 0 aromatic carbocycles. The average molecular weight is 228 g/mol. The second-order valence-corrected chi connectivity index (χ2v) is 5.78. The van der Waals surface area contributed by atoms with Crippen molar-refractivity contribution in [2.45, 2.75) is 44.2 Å². The summed E-state index contributed by atoms with van der Waals surface area (Å²) in [6.45, 7) is 0. The Morgan fingerprint density at radius 2 is 2.13 bits per heavy atom. The highest BCUT2D eigenvalue weighted by Gasteiger charge is 2.32. The predicted octanol–water partition coefficient (Wildman–Crippen LogP) is 1.13. The quantitative estimate of drug-likeness (QED) is 0.761. The van der Waals surface area contributed by atoms with Crippen LogP contribution in [0.4, 0.5) is 0 Å². The van der Waals surface area contributed by atoms with Crippen LogP contribution < -0.4 is 11.1 Å². The Bertz CT molecular complexity index is 229. The molecule has 1 aliphatic carbocycles. The van der Waals surface area contributed by atoms with E-state index >= 15 is 0 Å². The van der Waals surface area contributed by atoms with Gasteiger partial charge in [0.05, 0.1) is 5.92 Å². The molecular weight excluding hydrogens is 208 g/mol. The third-order valence-electron chi connectivity index (χ3n) is 3.49. The number of carbonyl (C=O) groups excluding carboxylic acids is 1. The minimum absolute atomic E-state index is 0.0805. The van der Waals surface area contributed by atoms with Gasteiger partial charge >= 0.3 is 0 Å². The fourth-order valence-electron chi connectivity index (χ4n) is 2.67. The van der Waals surface area contributed by atoms with Crippen LogP contribution in [0.2, 0.25) is 0 Å². The third kappa shape index (κ3) is 2.88. The first kappa shape index (κ1) is 11.3. The molecule has 2 aliphatic rings. The van der Waals surface area contributed by atoms with Crippen molar-refractivity contribution in [2.75, 3.05) is 11.5 Å². The van der Waals surface area contributed by atoms with Crippen molar-refractivity contribution in [3.05, 3.63) is 0 Å². The van der Waals surface area contributed by atoms with Crippen molar-refractivity contribution < 1.29 is 4.79 Å². The number of carbonyl (C=O) groups is 1. The van der Waals surface area contributed by atoms with E-state index in [1.165, 1.54) is 24.3 Å². The number of primary amides is 1. The zero-order chi connectivity index (χ0) is 10.7. The van der Waals surface area contributed by atoms with E-state index in [0.717, 1.165) is 19.3 Å². The molecule has 1 saturated carbocycles. The maximum absolute atomic E-state index is 11.2. The molecule has 4 heteroatoms. The largest absolute Gasteiger partial charge is 0.369 e. The van der Waals surface area contributed by atoms with E-state index < -0.39 is 0 Å². The molecule has 3 nitrogen and oxygen atoms in total. The van der Waals surface area contributed by atoms with Gasteiger partial charge in [0, 0.05) is 17.8 Å². The van der Waals surface area contributed by atoms with Crippen molar-refractivity contribution in [2.24, 2.45) is 11.7 Å². The molecule has 0 aromatic rings. The van der Waals surface area contributed by atoms with Gasteiger partial charge in [0.1, 0.15) is 0 Å². The van der Waals surface area contributed by atoms with Gasteiger partial charge < -0.3 is 11.1 Å². The van der Waals surface area contributed by atoms with Gasteiger partial charge in [-0.05, 0) is 31.4 Å². The van der Waals surface area contributed by atoms with Crippen LogP contribution in [0.1, 0.15) is 32.1 Å². The van der Waals surface area contributed by atoms with E-state index in [9.17, 15) is 4.79 Å². The van der Waals surface area contributed by atoms with E-state index in [0.29, 0.717) is 12.1 Å². The Hall–Kier alpha value is -0.220. The SMILES string of the molecule is NC(=O)C1CCCC1NC1CCCSC1. The lowest BCUT2D eigenvalue weighted by Gasteiger charge is -2.28. The molecule has 0 bridgehead atoms. The molecule has 1 aliphatic heterocycles. The lowest BCUT2D eigenvalue weighted by molar-refractivity contribution is -0.122. The Morgan fingerprint density at radius 1 is 1.27 bits per heavy atom. The van der Waals surface area contributed by atoms with Gasteiger partial charge in [-0.3, -0.25) is 4.79 Å². The van der Waals surface area contributed by atoms with Gasteiger partial charge in [-0.1, -0.05) is 6.42 Å². The summed E-state index contributed by atoms with van der Waals surface area (Å²) in [6.07, 6.45) is 5.80. The molecule has 3 atom stereocenters. The standard InChI is InChI=1S/C11H20N2OS/c12-11(14)9-4-1-5-10(9)13-8-3-2-6-15-7-8/h8-10,13H,1-7H2,(H2,12,14). The summed E-state index contributed by atoms with van der Waals surface area (Å²) < 4.78 is 0. The van der Waals surface area contributed by atoms with E-state index in [1.807, 2.05) is 11.8 Å². The number of hydrogen-bond acceptors (Lipinski definition) is 3. The van der Waals surface area contributed by atoms with Gasteiger partial charge in [0.2, 0.25) is 5.91 Å². The molecule has 0 spiro atoms. The second-order valence-electron chi connectivity index (χ2n) is 4.63. The smallest absolute Gasteiger partial charge is 0.222 e. The fourth-order valence-corrected chi connectivity index (χ4v) is 3.76. The van der Waals surface area contributed by atoms with Crippen molar-refractivity contribution in [3.63, 3.8) is 0 Å². The highest BCUT2D eigenvalue weighted by molar-refractivity contribution is 7.99. The molecule has 0 radical (unpaired) electrons. The molecule has 15 heavy (non-hydrogen) atoms. The molecule has 3 N–H and O–H groups in total. The number of amides is 1. The second kappa shape index (κ2) is 5.21. The Labute approximate surface area is 95.6 Å². The normalized spacial score (nSPS) is 36.7. The van der Waals surface area contributed by atoms with E-state index in [4.69, 9.17) is 5.73 Å². The fraction of sp³-hybridized carbons (Fsp3) is 0.909. The first-order valence-electron chi connectivity index (χ1n) is 5.90. The predicted molar refractivity (Wildman–Crippen MR) is 63.8 cm³/mol. The van der Waals surface area contributed by atoms with Crippen molar-refractivity contribution in [3.8, 4) is 0 Å². The van der Waals surface area contributed by atoms with E-state index in [2.05, 4.69) is 5.32 Å². The molecule has 3 unspecified atom stereocenters. The molecule has 0 aromatic heterocycles. The monoisotopic (exact) mass is 228 g/mol. The lowest BCUT2D eigenvalue weighted by atomic mass is 10.0. The van der Waals surface area contributed by atoms with Gasteiger partial charge in [0.25, 0.3) is 0 Å². The summed E-state index contributed by atoms with van der Waals surface area (Å²) in [4.78, 5) is 11.2. The van der Waals surface area contributed by atoms with Crippen molar-refractivity contribution in [1.82, 2.24) is 5.32 Å². The lowest BCUT2D eigenvalue weighted by Crippen LogP contribution is -2.46. The number of nitrogens with one attached hydrogen (secondary N) is 1. The molecule has 1 amide bonds. The van der Waals surface area contributed by atoms with Crippen LogP contribution in [0.3, 0.4) is 0 Å². The van der Waals surface area contributed by atoms with Crippen molar-refractivity contribution >= 4 is 17.7 Å². The van der Waals surface area contributed by atoms with Crippen LogP contribution in [-0.2, 0) is 4.79 Å². The number of nitrogens with two attached hydrogens (primary N) is 1. The summed E-state index contributed by atoms with van der Waals surface area (Å²) in [5.41, 5.74) is 5.41. The zero-order valence-electron chi connectivity index (χ0n) is 9.08. The Morgan fingerprint density at radius 3 is 2.80 bits per heavy atom. The van der Waals surface area contributed by atoms with E-state index in [1.54, 1.807) is 0 Å². The minimum Gasteiger partial charge on any atom is -0.369 e. The molecule has 1 heterocycles. The van der Waals surface area contributed by atoms with Crippen LogP contribution in [0.25, 0.3) is 0 Å². The summed E-state index contributed by atoms with van der Waals surface area (Å²) in [7, 11) is 0. The van der Waals surface area contributed by atoms with E-state index in [-0.39, 0.29) is 11.8 Å². The van der Waals surface area contributed by atoms with Crippen LogP contribution in [0.15, 0.2) is 0 Å². The van der Waals surface area contributed by atoms with Gasteiger partial charge in [-0.25, -0.2) is 0 Å². The van der Waals surface area contributed by atoms with Crippen molar-refractivity contribution in [1.29, 1.82) is 0 Å². The summed E-state index contributed by atoms with van der Waals surface area (Å²) in [5, 5.41) is 3.63. The van der Waals surface area contributed by atoms with Crippen LogP contribution >= 0.6 is 11.8 Å². The first-order chi connectivity index (χ1) is 7.27. The highest BCUT2D eigenvalue weighted by atomic mass is 32.2. The highest BCUT2D eigenvalue weighted by Crippen LogP contribution is 2.27. The molecule has 2 rings (SSSR count). The molecule has 1 saturated heterocycles. The first-order valence-corrected chi connectivity index (χ1v) is 7.06. The molecule has 2 fully saturated rings. The molecular formula is C11H20N2OS. The summed E-state index contributed by atoms with van der Waals surface area (Å²) >= 11 is 2.02.